The molecule has 0 aliphatic rings. The summed E-state index contributed by atoms with van der Waals surface area (Å²) < 4.78 is 1.73. The third kappa shape index (κ3) is 7.52. The molecule has 11 heteroatoms. The quantitative estimate of drug-likeness (QED) is 0.170. The number of carbonyl (C=O) groups is 2. The van der Waals surface area contributed by atoms with Gasteiger partial charge in [0.05, 0.1) is 18.8 Å². The maximum Gasteiger partial charge on any atom is 1.00 e. The van der Waals surface area contributed by atoms with E-state index in [9.17, 15) is 14.7 Å². The van der Waals surface area contributed by atoms with Crippen molar-refractivity contribution in [2.24, 2.45) is 0 Å². The number of carbonyl (C=O) groups excluding carboxylic acids is 2. The van der Waals surface area contributed by atoms with Gasteiger partial charge in [-0.25, -0.2) is 10.2 Å². The van der Waals surface area contributed by atoms with Crippen LogP contribution in [0.1, 0.15) is 22.8 Å². The van der Waals surface area contributed by atoms with Crippen molar-refractivity contribution in [1.82, 2.24) is 25.8 Å². The van der Waals surface area contributed by atoms with E-state index in [0.717, 1.165) is 18.2 Å². The second-order valence-corrected chi connectivity index (χ2v) is 6.53. The van der Waals surface area contributed by atoms with E-state index in [1.54, 1.807) is 28.9 Å². The zero-order chi connectivity index (χ0) is 22.8. The molecule has 2 atom stereocenters. The molecule has 0 spiro atoms. The summed E-state index contributed by atoms with van der Waals surface area (Å²) >= 11 is 0. The Bertz CT molecular complexity index is 980. The fourth-order valence-electron chi connectivity index (χ4n) is 2.77. The first-order valence-corrected chi connectivity index (χ1v) is 9.36. The summed E-state index contributed by atoms with van der Waals surface area (Å²) in [6.07, 6.45) is 0.641. The van der Waals surface area contributed by atoms with Crippen LogP contribution in [0.3, 0.4) is 0 Å². The molecular formula is C21H24N5NaO5. The smallest absolute Gasteiger partial charge is 0.857 e. The van der Waals surface area contributed by atoms with Gasteiger partial charge < -0.3 is 15.5 Å². The molecule has 0 saturated heterocycles. The van der Waals surface area contributed by atoms with Crippen molar-refractivity contribution in [2.75, 3.05) is 7.11 Å². The molecule has 32 heavy (non-hydrogen) atoms. The molecule has 4 N–H and O–H groups in total. The third-order valence-electron chi connectivity index (χ3n) is 4.33. The molecule has 0 radical (unpaired) electrons. The van der Waals surface area contributed by atoms with Gasteiger partial charge in [-0.2, -0.15) is 7.11 Å². The minimum absolute atomic E-state index is 0. The number of nitrogens with zero attached hydrogens (tertiary/aromatic N) is 3. The van der Waals surface area contributed by atoms with Crippen LogP contribution in [0.4, 0.5) is 0 Å². The van der Waals surface area contributed by atoms with Crippen LogP contribution in [0.15, 0.2) is 60.8 Å². The molecule has 2 amide bonds. The van der Waals surface area contributed by atoms with E-state index in [1.807, 2.05) is 36.5 Å². The molecule has 1 unspecified atom stereocenters. The zero-order valence-corrected chi connectivity index (χ0v) is 20.1. The molecule has 164 valence electrons. The molecule has 0 bridgehead atoms. The van der Waals surface area contributed by atoms with Gasteiger partial charge in [-0.3, -0.25) is 14.8 Å². The summed E-state index contributed by atoms with van der Waals surface area (Å²) in [7, 11) is 0.750. The van der Waals surface area contributed by atoms with Crippen molar-refractivity contribution in [2.45, 2.75) is 25.6 Å². The molecule has 0 saturated carbocycles. The Kier molecular flexibility index (Phi) is 11.8. The van der Waals surface area contributed by atoms with Crippen LogP contribution in [0.25, 0.3) is 11.3 Å². The van der Waals surface area contributed by atoms with Gasteiger partial charge in [0.1, 0.15) is 11.7 Å². The number of aromatic nitrogens is 3. The zero-order valence-electron chi connectivity index (χ0n) is 18.1. The molecule has 1 heterocycles. The molecule has 3 aromatic rings. The molecule has 0 aliphatic carbocycles. The Labute approximate surface area is 207 Å². The van der Waals surface area contributed by atoms with E-state index in [4.69, 9.17) is 10.3 Å². The van der Waals surface area contributed by atoms with Crippen LogP contribution in [-0.2, 0) is 11.3 Å². The van der Waals surface area contributed by atoms with Gasteiger partial charge in [0.15, 0.2) is 0 Å². The van der Waals surface area contributed by atoms with Crippen molar-refractivity contribution in [3.63, 3.8) is 0 Å². The summed E-state index contributed by atoms with van der Waals surface area (Å²) in [5, 5.41) is 37.2. The molecule has 10 nitrogen and oxygen atoms in total. The fourth-order valence-corrected chi connectivity index (χ4v) is 2.77. The Morgan fingerprint density at radius 3 is 2.28 bits per heavy atom. The van der Waals surface area contributed by atoms with Gasteiger partial charge in [0.2, 0.25) is 0 Å². The van der Waals surface area contributed by atoms with Crippen LogP contribution in [0.2, 0.25) is 0 Å². The average molecular weight is 449 g/mol. The molecule has 2 aromatic carbocycles. The number of hydroxylamine groups is 1. The van der Waals surface area contributed by atoms with Crippen molar-refractivity contribution >= 4 is 11.8 Å². The topological polar surface area (TPSA) is 152 Å². The van der Waals surface area contributed by atoms with E-state index < -0.39 is 24.0 Å². The van der Waals surface area contributed by atoms with E-state index in [-0.39, 0.29) is 29.6 Å². The monoisotopic (exact) mass is 449 g/mol. The number of benzene rings is 2. The van der Waals surface area contributed by atoms with Crippen molar-refractivity contribution in [1.29, 1.82) is 0 Å². The summed E-state index contributed by atoms with van der Waals surface area (Å²) in [4.78, 5) is 23.9. The van der Waals surface area contributed by atoms with E-state index in [2.05, 4.69) is 15.6 Å². The minimum atomic E-state index is -1.27. The number of aliphatic hydroxyl groups excluding tert-OH is 1. The third-order valence-corrected chi connectivity index (χ3v) is 4.33. The number of aliphatic hydroxyl groups is 1. The maximum atomic E-state index is 12.3. The van der Waals surface area contributed by atoms with Gasteiger partial charge in [0.25, 0.3) is 11.8 Å². The maximum absolute atomic E-state index is 12.3. The molecule has 0 fully saturated rings. The second-order valence-electron chi connectivity index (χ2n) is 6.53. The molecular weight excluding hydrogens is 425 g/mol. The summed E-state index contributed by atoms with van der Waals surface area (Å²) in [5.74, 6) is -1.46. The molecule has 0 aliphatic heterocycles. The van der Waals surface area contributed by atoms with Crippen LogP contribution >= 0.6 is 0 Å². The molecule has 3 rings (SSSR count). The van der Waals surface area contributed by atoms with Gasteiger partial charge in [0, 0.05) is 11.1 Å². The van der Waals surface area contributed by atoms with Crippen LogP contribution in [0, 0.1) is 0 Å². The number of rotatable bonds is 7. The number of hydrogen-bond acceptors (Lipinski definition) is 7. The number of hydrogen-bond donors (Lipinski definition) is 4. The Balaban J connectivity index is 0.00000166. The Morgan fingerprint density at radius 1 is 1.09 bits per heavy atom. The van der Waals surface area contributed by atoms with Crippen LogP contribution in [0.5, 0.6) is 0 Å². The number of amides is 2. The van der Waals surface area contributed by atoms with Crippen molar-refractivity contribution in [3.8, 4) is 11.3 Å². The predicted molar refractivity (Wildman–Crippen MR) is 110 cm³/mol. The van der Waals surface area contributed by atoms with Crippen molar-refractivity contribution < 1.29 is 54.6 Å². The molecule has 1 aromatic heterocycles. The van der Waals surface area contributed by atoms with Crippen molar-refractivity contribution in [3.05, 3.63) is 71.9 Å². The summed E-state index contributed by atoms with van der Waals surface area (Å²) in [6.45, 7) is 1.93. The van der Waals surface area contributed by atoms with Gasteiger partial charge in [-0.1, -0.05) is 47.7 Å². The summed E-state index contributed by atoms with van der Waals surface area (Å²) in [5.41, 5.74) is 4.26. The summed E-state index contributed by atoms with van der Waals surface area (Å²) in [6, 6.07) is 15.2. The van der Waals surface area contributed by atoms with Gasteiger partial charge in [-0.15, -0.1) is 5.10 Å². The fraction of sp³-hybridized carbons (Fsp3) is 0.238. The predicted octanol–water partition coefficient (Wildman–Crippen LogP) is -3.04. The largest absolute Gasteiger partial charge is 1.00 e. The van der Waals surface area contributed by atoms with Gasteiger partial charge >= 0.3 is 29.6 Å². The minimum Gasteiger partial charge on any atom is -0.857 e. The van der Waals surface area contributed by atoms with Crippen LogP contribution in [-0.4, -0.2) is 56.4 Å². The average Bonchev–Trinajstić information content (AvgIpc) is 3.27. The van der Waals surface area contributed by atoms with E-state index >= 15 is 0 Å². The number of nitrogens with one attached hydrogen (secondary N) is 2. The van der Waals surface area contributed by atoms with E-state index in [0.29, 0.717) is 17.8 Å². The van der Waals surface area contributed by atoms with Gasteiger partial charge in [-0.05, 0) is 24.6 Å². The van der Waals surface area contributed by atoms with E-state index in [1.165, 1.54) is 12.4 Å². The van der Waals surface area contributed by atoms with Crippen LogP contribution < -0.4 is 45.5 Å². The first kappa shape index (κ1) is 27.4. The Morgan fingerprint density at radius 2 is 1.72 bits per heavy atom. The normalized spacial score (nSPS) is 11.8. The first-order chi connectivity index (χ1) is 15.0. The first-order valence-electron chi connectivity index (χ1n) is 9.36. The SMILES string of the molecule is C[C@@H](O)C(NC(=O)c1ccc(-c2cn(Cc3ccccc3)nn2)cc1)C(=O)NO.C[O-].[Na+]. The Hall–Kier alpha value is -2.60. The standard InChI is InChI=1S/C20H21N5O4.CH3O.Na/c1-13(26)18(20(28)23-29)21-19(27)16-9-7-15(8-10-16)17-12-25(24-22-17)11-14-5-3-2-4-6-14;1-2;/h2-10,12-13,18,26,29H,11H2,1H3,(H,21,27)(H,23,28);1H3;/q;-1;+1/t13-,18?;;/m1../s1. The second kappa shape index (κ2) is 13.7.